The van der Waals surface area contributed by atoms with Crippen LogP contribution in [0.3, 0.4) is 0 Å². The van der Waals surface area contributed by atoms with Crippen LogP contribution < -0.4 is 9.47 Å². The second-order valence-corrected chi connectivity index (χ2v) is 9.90. The zero-order chi connectivity index (χ0) is 27.0. The molecule has 1 N–H and O–H groups in total. The molecule has 0 radical (unpaired) electrons. The van der Waals surface area contributed by atoms with Crippen LogP contribution in [0.25, 0.3) is 22.3 Å². The van der Waals surface area contributed by atoms with E-state index in [1.165, 1.54) is 0 Å². The number of ether oxygens (including phenoxy) is 2. The Bertz CT molecular complexity index is 1490. The molecule has 3 nitrogen and oxygen atoms in total. The summed E-state index contributed by atoms with van der Waals surface area (Å²) in [5.41, 5.74) is 6.33. The van der Waals surface area contributed by atoms with Gasteiger partial charge in [0.1, 0.15) is 23.4 Å². The van der Waals surface area contributed by atoms with E-state index in [-0.39, 0.29) is 18.0 Å². The third-order valence-corrected chi connectivity index (χ3v) is 6.85. The van der Waals surface area contributed by atoms with Crippen LogP contribution in [-0.2, 0) is 12.8 Å². The van der Waals surface area contributed by atoms with Gasteiger partial charge in [0.05, 0.1) is 6.10 Å². The first kappa shape index (κ1) is 26.1. The average Bonchev–Trinajstić information content (AvgIpc) is 2.96. The maximum atomic E-state index is 10.8. The van der Waals surface area contributed by atoms with Crippen molar-refractivity contribution in [3.8, 4) is 39.5 Å². The van der Waals surface area contributed by atoms with Crippen LogP contribution in [0.2, 0.25) is 0 Å². The van der Waals surface area contributed by atoms with E-state index in [9.17, 15) is 5.11 Å². The van der Waals surface area contributed by atoms with Crippen molar-refractivity contribution < 1.29 is 14.6 Å². The largest absolute Gasteiger partial charge is 0.508 e. The Kier molecular flexibility index (Phi) is 8.28. The van der Waals surface area contributed by atoms with Gasteiger partial charge < -0.3 is 14.6 Å². The molecule has 39 heavy (non-hydrogen) atoms. The fourth-order valence-electron chi connectivity index (χ4n) is 5.01. The van der Waals surface area contributed by atoms with E-state index in [1.807, 2.05) is 85.8 Å². The SMILES string of the molecule is CC(Cc1cccc(O)c1CC(C)Oc1ccccc1-c1ccccc1)Oc1ccccc1-c1ccccc1. The highest BCUT2D eigenvalue weighted by atomic mass is 16.5. The summed E-state index contributed by atoms with van der Waals surface area (Å²) >= 11 is 0. The highest BCUT2D eigenvalue weighted by Crippen LogP contribution is 2.33. The fourth-order valence-corrected chi connectivity index (χ4v) is 5.01. The molecule has 0 spiro atoms. The molecule has 196 valence electrons. The number of benzene rings is 5. The summed E-state index contributed by atoms with van der Waals surface area (Å²) in [6, 6.07) is 42.5. The van der Waals surface area contributed by atoms with Crippen LogP contribution in [0, 0.1) is 0 Å². The molecule has 0 aliphatic heterocycles. The molecule has 0 saturated carbocycles. The van der Waals surface area contributed by atoms with Crippen molar-refractivity contribution >= 4 is 0 Å². The summed E-state index contributed by atoms with van der Waals surface area (Å²) in [5.74, 6) is 1.98. The van der Waals surface area contributed by atoms with Gasteiger partial charge in [-0.25, -0.2) is 0 Å². The van der Waals surface area contributed by atoms with Crippen LogP contribution in [0.1, 0.15) is 25.0 Å². The van der Waals surface area contributed by atoms with E-state index >= 15 is 0 Å². The summed E-state index contributed by atoms with van der Waals surface area (Å²) in [6.45, 7) is 4.12. The normalized spacial score (nSPS) is 12.5. The number of aromatic hydroxyl groups is 1. The van der Waals surface area contributed by atoms with E-state index in [1.54, 1.807) is 6.07 Å². The molecule has 0 heterocycles. The highest BCUT2D eigenvalue weighted by molar-refractivity contribution is 5.71. The van der Waals surface area contributed by atoms with Crippen molar-refractivity contribution in [3.05, 3.63) is 139 Å². The lowest BCUT2D eigenvalue weighted by molar-refractivity contribution is 0.215. The highest BCUT2D eigenvalue weighted by Gasteiger charge is 2.18. The van der Waals surface area contributed by atoms with Gasteiger partial charge in [-0.1, -0.05) is 109 Å². The van der Waals surface area contributed by atoms with Gasteiger partial charge >= 0.3 is 0 Å². The Labute approximate surface area is 231 Å². The predicted molar refractivity (Wildman–Crippen MR) is 159 cm³/mol. The number of phenols is 1. The van der Waals surface area contributed by atoms with Crippen molar-refractivity contribution in [2.24, 2.45) is 0 Å². The molecule has 0 aliphatic carbocycles. The summed E-state index contributed by atoms with van der Waals surface area (Å²) in [7, 11) is 0. The molecule has 5 aromatic rings. The van der Waals surface area contributed by atoms with Gasteiger partial charge in [-0.15, -0.1) is 0 Å². The second-order valence-electron chi connectivity index (χ2n) is 9.90. The van der Waals surface area contributed by atoms with Crippen LogP contribution in [0.5, 0.6) is 17.2 Å². The Morgan fingerprint density at radius 3 is 1.51 bits per heavy atom. The minimum absolute atomic E-state index is 0.0922. The molecule has 0 fully saturated rings. The fraction of sp³-hybridized carbons (Fsp3) is 0.167. The number of rotatable bonds is 10. The standard InChI is InChI=1S/C36H34O3/c1-26(38-35-22-11-9-19-31(35)28-14-5-3-6-15-28)24-30-18-13-21-34(37)33(30)25-27(2)39-36-23-12-10-20-32(36)29-16-7-4-8-17-29/h3-23,26-27,37H,24-25H2,1-2H3. The molecule has 2 unspecified atom stereocenters. The van der Waals surface area contributed by atoms with Crippen molar-refractivity contribution in [2.45, 2.75) is 38.9 Å². The van der Waals surface area contributed by atoms with Gasteiger partial charge in [-0.05, 0) is 48.7 Å². The predicted octanol–water partition coefficient (Wildman–Crippen LogP) is 8.75. The van der Waals surface area contributed by atoms with Crippen molar-refractivity contribution in [1.82, 2.24) is 0 Å². The summed E-state index contributed by atoms with van der Waals surface area (Å²) in [4.78, 5) is 0. The summed E-state index contributed by atoms with van der Waals surface area (Å²) in [6.07, 6.45) is 1.01. The number of hydrogen-bond acceptors (Lipinski definition) is 3. The topological polar surface area (TPSA) is 38.7 Å². The average molecular weight is 515 g/mol. The van der Waals surface area contributed by atoms with E-state index in [0.29, 0.717) is 12.8 Å². The van der Waals surface area contributed by atoms with Gasteiger partial charge in [0.2, 0.25) is 0 Å². The van der Waals surface area contributed by atoms with Crippen LogP contribution in [0.15, 0.2) is 127 Å². The number of phenolic OH excluding ortho intramolecular Hbond substituents is 1. The minimum atomic E-state index is -0.142. The Morgan fingerprint density at radius 1 is 0.513 bits per heavy atom. The number of hydrogen-bond donors (Lipinski definition) is 1. The first-order valence-electron chi connectivity index (χ1n) is 13.5. The van der Waals surface area contributed by atoms with Crippen molar-refractivity contribution in [2.75, 3.05) is 0 Å². The molecular formula is C36H34O3. The quantitative estimate of drug-likeness (QED) is 0.202. The van der Waals surface area contributed by atoms with Gasteiger partial charge in [0.25, 0.3) is 0 Å². The molecule has 5 rings (SSSR count). The zero-order valence-corrected chi connectivity index (χ0v) is 22.5. The molecule has 3 heteroatoms. The zero-order valence-electron chi connectivity index (χ0n) is 22.5. The van der Waals surface area contributed by atoms with E-state index in [2.05, 4.69) is 49.4 Å². The van der Waals surface area contributed by atoms with Crippen LogP contribution >= 0.6 is 0 Å². The summed E-state index contributed by atoms with van der Waals surface area (Å²) < 4.78 is 12.9. The van der Waals surface area contributed by atoms with Gasteiger partial charge in [-0.2, -0.15) is 0 Å². The maximum absolute atomic E-state index is 10.8. The molecule has 0 aromatic heterocycles. The molecule has 0 bridgehead atoms. The van der Waals surface area contributed by atoms with Crippen LogP contribution in [-0.4, -0.2) is 17.3 Å². The van der Waals surface area contributed by atoms with Crippen molar-refractivity contribution in [1.29, 1.82) is 0 Å². The molecule has 2 atom stereocenters. The van der Waals surface area contributed by atoms with Crippen molar-refractivity contribution in [3.63, 3.8) is 0 Å². The first-order chi connectivity index (χ1) is 19.1. The van der Waals surface area contributed by atoms with E-state index < -0.39 is 0 Å². The van der Waals surface area contributed by atoms with Gasteiger partial charge in [-0.3, -0.25) is 0 Å². The molecular weight excluding hydrogens is 480 g/mol. The second kappa shape index (κ2) is 12.4. The van der Waals surface area contributed by atoms with E-state index in [0.717, 1.165) is 44.9 Å². The maximum Gasteiger partial charge on any atom is 0.127 e. The summed E-state index contributed by atoms with van der Waals surface area (Å²) in [5, 5.41) is 10.8. The van der Waals surface area contributed by atoms with E-state index in [4.69, 9.17) is 9.47 Å². The molecule has 0 aliphatic rings. The Balaban J connectivity index is 1.31. The van der Waals surface area contributed by atoms with Gasteiger partial charge in [0.15, 0.2) is 0 Å². The lowest BCUT2D eigenvalue weighted by Gasteiger charge is -2.22. The molecule has 0 amide bonds. The minimum Gasteiger partial charge on any atom is -0.508 e. The van der Waals surface area contributed by atoms with Crippen LogP contribution in [0.4, 0.5) is 0 Å². The number of para-hydroxylation sites is 2. The van der Waals surface area contributed by atoms with Gasteiger partial charge in [0, 0.05) is 29.5 Å². The smallest absolute Gasteiger partial charge is 0.127 e. The third kappa shape index (κ3) is 6.50. The first-order valence-corrected chi connectivity index (χ1v) is 13.5. The molecule has 0 saturated heterocycles. The monoisotopic (exact) mass is 514 g/mol. The lowest BCUT2D eigenvalue weighted by Crippen LogP contribution is -2.20. The lowest BCUT2D eigenvalue weighted by atomic mass is 9.96. The Morgan fingerprint density at radius 2 is 0.974 bits per heavy atom. The molecule has 5 aromatic carbocycles. The third-order valence-electron chi connectivity index (χ3n) is 6.85. The Hall–Kier alpha value is -4.50.